The topological polar surface area (TPSA) is 41.9 Å². The second kappa shape index (κ2) is 7.79. The summed E-state index contributed by atoms with van der Waals surface area (Å²) in [5, 5.41) is 0. The number of thiophene rings is 1. The smallest absolute Gasteiger partial charge is 0.272 e. The summed E-state index contributed by atoms with van der Waals surface area (Å²) >= 11 is 1.79. The molecule has 0 unspecified atom stereocenters. The van der Waals surface area contributed by atoms with Crippen molar-refractivity contribution in [3.63, 3.8) is 0 Å². The monoisotopic (exact) mass is 410 g/mol. The highest BCUT2D eigenvalue weighted by atomic mass is 32.1. The van der Waals surface area contributed by atoms with Crippen LogP contribution in [0.3, 0.4) is 0 Å². The maximum absolute atomic E-state index is 13.1. The lowest BCUT2D eigenvalue weighted by molar-refractivity contribution is -0.126. The van der Waals surface area contributed by atoms with Crippen LogP contribution in [0, 0.1) is 13.8 Å². The minimum absolute atomic E-state index is 0.0809. The zero-order chi connectivity index (χ0) is 21.5. The Morgan fingerprint density at radius 3 is 2.38 bits per heavy atom. The third kappa shape index (κ3) is 4.01. The minimum Gasteiger partial charge on any atom is -0.488 e. The number of aryl methyl sites for hydroxylation is 2. The number of hydrogen-bond acceptors (Lipinski definition) is 4. The molecular formula is C24H30N2O2S. The van der Waals surface area contributed by atoms with Crippen molar-refractivity contribution in [1.82, 2.24) is 4.90 Å². The SMILES string of the molecule is C/N=C(/C(=O)N(C)C(C)(C)C)C1=C(C)c2cc(-c3ccc(C)s3)c(C)cc2OC1. The molecule has 2 aromatic rings. The second-order valence-electron chi connectivity index (χ2n) is 8.57. The van der Waals surface area contributed by atoms with E-state index in [0.29, 0.717) is 12.3 Å². The van der Waals surface area contributed by atoms with Crippen molar-refractivity contribution in [1.29, 1.82) is 0 Å². The van der Waals surface area contributed by atoms with E-state index in [1.54, 1.807) is 23.3 Å². The number of nitrogens with zero attached hydrogens (tertiary/aromatic N) is 2. The highest BCUT2D eigenvalue weighted by Gasteiger charge is 2.31. The van der Waals surface area contributed by atoms with Gasteiger partial charge in [0.05, 0.1) is 0 Å². The summed E-state index contributed by atoms with van der Waals surface area (Å²) in [4.78, 5) is 21.8. The molecule has 1 aromatic heterocycles. The van der Waals surface area contributed by atoms with E-state index in [1.165, 1.54) is 20.9 Å². The van der Waals surface area contributed by atoms with E-state index in [0.717, 1.165) is 22.5 Å². The van der Waals surface area contributed by atoms with Gasteiger partial charge in [-0.25, -0.2) is 0 Å². The number of ether oxygens (including phenoxy) is 1. The Bertz CT molecular complexity index is 1020. The van der Waals surface area contributed by atoms with Crippen LogP contribution in [0.2, 0.25) is 0 Å². The number of fused-ring (bicyclic) bond motifs is 1. The van der Waals surface area contributed by atoms with Gasteiger partial charge in [-0.15, -0.1) is 11.3 Å². The van der Waals surface area contributed by atoms with E-state index in [-0.39, 0.29) is 11.4 Å². The molecule has 1 aliphatic heterocycles. The first kappa shape index (κ1) is 21.3. The van der Waals surface area contributed by atoms with Crippen molar-refractivity contribution in [2.45, 2.75) is 47.1 Å². The van der Waals surface area contributed by atoms with Crippen LogP contribution in [0.4, 0.5) is 0 Å². The summed E-state index contributed by atoms with van der Waals surface area (Å²) in [5.74, 6) is 0.787. The van der Waals surface area contributed by atoms with Crippen LogP contribution in [0.5, 0.6) is 5.75 Å². The molecule has 0 atom stereocenters. The van der Waals surface area contributed by atoms with E-state index in [4.69, 9.17) is 4.74 Å². The third-order valence-corrected chi connectivity index (χ3v) is 6.62. The highest BCUT2D eigenvalue weighted by Crippen LogP contribution is 2.40. The molecule has 1 amide bonds. The van der Waals surface area contributed by atoms with Crippen molar-refractivity contribution >= 4 is 28.5 Å². The number of amides is 1. The predicted molar refractivity (Wildman–Crippen MR) is 123 cm³/mol. The van der Waals surface area contributed by atoms with Gasteiger partial charge in [-0.2, -0.15) is 0 Å². The lowest BCUT2D eigenvalue weighted by Gasteiger charge is -2.33. The fourth-order valence-electron chi connectivity index (χ4n) is 3.43. The molecule has 0 aliphatic carbocycles. The third-order valence-electron chi connectivity index (χ3n) is 5.58. The highest BCUT2D eigenvalue weighted by molar-refractivity contribution is 7.15. The van der Waals surface area contributed by atoms with Crippen molar-refractivity contribution in [2.24, 2.45) is 4.99 Å². The van der Waals surface area contributed by atoms with Crippen LogP contribution in [0.15, 0.2) is 34.8 Å². The summed E-state index contributed by atoms with van der Waals surface area (Å²) in [7, 11) is 3.50. The van der Waals surface area contributed by atoms with Crippen LogP contribution in [0.25, 0.3) is 16.0 Å². The van der Waals surface area contributed by atoms with E-state index in [2.05, 4.69) is 50.0 Å². The number of benzene rings is 1. The Morgan fingerprint density at radius 1 is 1.14 bits per heavy atom. The van der Waals surface area contributed by atoms with E-state index < -0.39 is 0 Å². The molecule has 1 aliphatic rings. The molecule has 0 fully saturated rings. The molecule has 0 N–H and O–H groups in total. The zero-order valence-corrected chi connectivity index (χ0v) is 19.5. The Kier molecular flexibility index (Phi) is 5.72. The summed E-state index contributed by atoms with van der Waals surface area (Å²) in [6.07, 6.45) is 0. The fraction of sp³-hybridized carbons (Fsp3) is 0.417. The van der Waals surface area contributed by atoms with Gasteiger partial charge in [-0.3, -0.25) is 9.79 Å². The van der Waals surface area contributed by atoms with Gasteiger partial charge in [-0.05, 0) is 82.5 Å². The van der Waals surface area contributed by atoms with Gasteiger partial charge in [-0.1, -0.05) is 0 Å². The Hall–Kier alpha value is -2.40. The normalized spacial score (nSPS) is 14.6. The van der Waals surface area contributed by atoms with Gasteiger partial charge in [0.25, 0.3) is 5.91 Å². The summed E-state index contributed by atoms with van der Waals surface area (Å²) in [6, 6.07) is 8.60. The van der Waals surface area contributed by atoms with Crippen LogP contribution in [-0.2, 0) is 4.79 Å². The van der Waals surface area contributed by atoms with E-state index in [1.807, 2.05) is 27.8 Å². The summed E-state index contributed by atoms with van der Waals surface area (Å²) in [6.45, 7) is 12.7. The van der Waals surface area contributed by atoms with Gasteiger partial charge in [0.2, 0.25) is 0 Å². The molecule has 154 valence electrons. The lowest BCUT2D eigenvalue weighted by Crippen LogP contribution is -2.46. The summed E-state index contributed by atoms with van der Waals surface area (Å²) in [5.41, 5.74) is 5.53. The van der Waals surface area contributed by atoms with Crippen molar-refractivity contribution in [3.05, 3.63) is 45.8 Å². The number of carbonyl (C=O) groups is 1. The van der Waals surface area contributed by atoms with E-state index in [9.17, 15) is 4.79 Å². The molecule has 0 saturated heterocycles. The number of rotatable bonds is 3. The number of aliphatic imine (C=N–C) groups is 1. The Morgan fingerprint density at radius 2 is 1.83 bits per heavy atom. The molecule has 1 aromatic carbocycles. The molecule has 0 saturated carbocycles. The van der Waals surface area contributed by atoms with Gasteiger partial charge < -0.3 is 9.64 Å². The maximum Gasteiger partial charge on any atom is 0.272 e. The summed E-state index contributed by atoms with van der Waals surface area (Å²) < 4.78 is 6.08. The van der Waals surface area contributed by atoms with Crippen LogP contribution in [-0.4, -0.2) is 42.8 Å². The fourth-order valence-corrected chi connectivity index (χ4v) is 4.38. The van der Waals surface area contributed by atoms with E-state index >= 15 is 0 Å². The second-order valence-corrected chi connectivity index (χ2v) is 9.86. The lowest BCUT2D eigenvalue weighted by atomic mass is 9.91. The molecular weight excluding hydrogens is 380 g/mol. The molecule has 5 heteroatoms. The van der Waals surface area contributed by atoms with Crippen LogP contribution < -0.4 is 4.74 Å². The molecule has 0 radical (unpaired) electrons. The maximum atomic E-state index is 13.1. The molecule has 29 heavy (non-hydrogen) atoms. The zero-order valence-electron chi connectivity index (χ0n) is 18.6. The average molecular weight is 411 g/mol. The van der Waals surface area contributed by atoms with Gasteiger partial charge in [0, 0.05) is 40.5 Å². The molecule has 0 spiro atoms. The largest absolute Gasteiger partial charge is 0.488 e. The van der Waals surface area contributed by atoms with Gasteiger partial charge >= 0.3 is 0 Å². The first-order chi connectivity index (χ1) is 13.5. The number of allylic oxidation sites excluding steroid dienone is 1. The standard InChI is InChI=1S/C24H30N2O2S/c1-14-11-20-18(12-17(14)21-10-9-15(2)29-21)16(3)19(13-28-20)22(25-7)23(27)26(8)24(4,5)6/h9-12H,13H2,1-8H3/b25-22+. The van der Waals surface area contributed by atoms with Gasteiger partial charge in [0.15, 0.2) is 0 Å². The molecule has 3 rings (SSSR count). The van der Waals surface area contributed by atoms with Crippen LogP contribution in [0.1, 0.15) is 43.7 Å². The number of carbonyl (C=O) groups excluding carboxylic acids is 1. The Labute approximate surface area is 177 Å². The average Bonchev–Trinajstić information content (AvgIpc) is 3.08. The number of hydrogen-bond donors (Lipinski definition) is 0. The van der Waals surface area contributed by atoms with Crippen molar-refractivity contribution < 1.29 is 9.53 Å². The molecule has 0 bridgehead atoms. The quantitative estimate of drug-likeness (QED) is 0.625. The van der Waals surface area contributed by atoms with Crippen molar-refractivity contribution in [2.75, 3.05) is 20.7 Å². The van der Waals surface area contributed by atoms with Crippen molar-refractivity contribution in [3.8, 4) is 16.2 Å². The molecule has 4 nitrogen and oxygen atoms in total. The van der Waals surface area contributed by atoms with Gasteiger partial charge in [0.1, 0.15) is 18.1 Å². The first-order valence-corrected chi connectivity index (χ1v) is 10.7. The molecule has 2 heterocycles. The van der Waals surface area contributed by atoms with Crippen LogP contribution >= 0.6 is 11.3 Å². The minimum atomic E-state index is -0.282. The Balaban J connectivity index is 2.08. The first-order valence-electron chi connectivity index (χ1n) is 9.84. The predicted octanol–water partition coefficient (Wildman–Crippen LogP) is 5.53.